The second-order valence-electron chi connectivity index (χ2n) is 6.55. The quantitative estimate of drug-likeness (QED) is 0.616. The van der Waals surface area contributed by atoms with Crippen molar-refractivity contribution in [2.24, 2.45) is 0 Å². The number of anilines is 2. The highest BCUT2D eigenvalue weighted by Crippen LogP contribution is 2.19. The molecule has 0 bridgehead atoms. The van der Waals surface area contributed by atoms with Crippen molar-refractivity contribution in [1.29, 1.82) is 0 Å². The summed E-state index contributed by atoms with van der Waals surface area (Å²) in [5.41, 5.74) is 3.80. The van der Waals surface area contributed by atoms with Gasteiger partial charge < -0.3 is 19.7 Å². The summed E-state index contributed by atoms with van der Waals surface area (Å²) < 4.78 is 10.3. The minimum Gasteiger partial charge on any atom is -0.452 e. The number of esters is 1. The number of nitrogens with one attached hydrogen (secondary N) is 1. The number of hydrogen-bond donors (Lipinski definition) is 1. The van der Waals surface area contributed by atoms with E-state index in [0.29, 0.717) is 5.69 Å². The molecule has 1 heterocycles. The second kappa shape index (κ2) is 9.71. The highest BCUT2D eigenvalue weighted by Gasteiger charge is 2.11. The van der Waals surface area contributed by atoms with E-state index >= 15 is 0 Å². The van der Waals surface area contributed by atoms with Crippen LogP contribution in [0.15, 0.2) is 54.6 Å². The number of carbonyl (C=O) groups excluding carboxylic acids is 2. The normalized spacial score (nSPS) is 14.1. The van der Waals surface area contributed by atoms with Gasteiger partial charge in [0, 0.05) is 30.5 Å². The Morgan fingerprint density at radius 3 is 2.43 bits per heavy atom. The van der Waals surface area contributed by atoms with Crippen molar-refractivity contribution in [1.82, 2.24) is 0 Å². The van der Waals surface area contributed by atoms with E-state index in [1.54, 1.807) is 6.08 Å². The zero-order chi connectivity index (χ0) is 19.8. The van der Waals surface area contributed by atoms with Crippen LogP contribution in [0.1, 0.15) is 11.1 Å². The smallest absolute Gasteiger partial charge is 0.331 e. The van der Waals surface area contributed by atoms with Crippen molar-refractivity contribution in [3.63, 3.8) is 0 Å². The monoisotopic (exact) mass is 380 g/mol. The lowest BCUT2D eigenvalue weighted by molar-refractivity contribution is -0.142. The summed E-state index contributed by atoms with van der Waals surface area (Å²) in [6.45, 7) is 4.83. The molecular weight excluding hydrogens is 356 g/mol. The van der Waals surface area contributed by atoms with E-state index in [4.69, 9.17) is 9.47 Å². The van der Waals surface area contributed by atoms with Crippen LogP contribution in [0.5, 0.6) is 0 Å². The summed E-state index contributed by atoms with van der Waals surface area (Å²) in [6.07, 6.45) is 2.97. The standard InChI is InChI=1S/C22H24N2O4/c1-17-2-4-18(5-3-17)6-11-22(26)28-16-21(25)23-19-7-9-20(10-8-19)24-12-14-27-15-13-24/h2-11H,12-16H2,1H3,(H,23,25)/b11-6+. The van der Waals surface area contributed by atoms with Gasteiger partial charge in [-0.1, -0.05) is 29.8 Å². The maximum Gasteiger partial charge on any atom is 0.331 e. The Morgan fingerprint density at radius 1 is 1.07 bits per heavy atom. The second-order valence-corrected chi connectivity index (χ2v) is 6.55. The maximum absolute atomic E-state index is 12.0. The maximum atomic E-state index is 12.0. The van der Waals surface area contributed by atoms with Crippen LogP contribution in [-0.4, -0.2) is 44.8 Å². The lowest BCUT2D eigenvalue weighted by atomic mass is 10.1. The summed E-state index contributed by atoms with van der Waals surface area (Å²) in [5.74, 6) is -0.936. The number of amides is 1. The summed E-state index contributed by atoms with van der Waals surface area (Å²) >= 11 is 0. The highest BCUT2D eigenvalue weighted by molar-refractivity contribution is 5.94. The van der Waals surface area contributed by atoms with Crippen molar-refractivity contribution < 1.29 is 19.1 Å². The first-order valence-electron chi connectivity index (χ1n) is 9.24. The van der Waals surface area contributed by atoms with E-state index in [9.17, 15) is 9.59 Å². The number of benzene rings is 2. The first kappa shape index (κ1) is 19.6. The Morgan fingerprint density at radius 2 is 1.75 bits per heavy atom. The van der Waals surface area contributed by atoms with Gasteiger partial charge in [-0.3, -0.25) is 4.79 Å². The molecule has 6 nitrogen and oxygen atoms in total. The summed E-state index contributed by atoms with van der Waals surface area (Å²) in [4.78, 5) is 26.0. The molecule has 0 unspecified atom stereocenters. The minimum atomic E-state index is -0.557. The van der Waals surface area contributed by atoms with Crippen LogP contribution in [0.3, 0.4) is 0 Å². The fourth-order valence-corrected chi connectivity index (χ4v) is 2.80. The van der Waals surface area contributed by atoms with Gasteiger partial charge in [-0.05, 0) is 42.8 Å². The van der Waals surface area contributed by atoms with E-state index in [-0.39, 0.29) is 12.5 Å². The van der Waals surface area contributed by atoms with Crippen LogP contribution >= 0.6 is 0 Å². The zero-order valence-electron chi connectivity index (χ0n) is 15.9. The molecule has 28 heavy (non-hydrogen) atoms. The van der Waals surface area contributed by atoms with Gasteiger partial charge in [0.15, 0.2) is 6.61 Å². The lowest BCUT2D eigenvalue weighted by Gasteiger charge is -2.28. The predicted octanol–water partition coefficient (Wildman–Crippen LogP) is 3.03. The Hall–Kier alpha value is -3.12. The molecule has 1 aliphatic rings. The van der Waals surface area contributed by atoms with Crippen molar-refractivity contribution in [2.75, 3.05) is 43.1 Å². The highest BCUT2D eigenvalue weighted by atomic mass is 16.5. The van der Waals surface area contributed by atoms with Gasteiger partial charge in [-0.15, -0.1) is 0 Å². The van der Waals surface area contributed by atoms with Crippen LogP contribution in [0.4, 0.5) is 11.4 Å². The van der Waals surface area contributed by atoms with Gasteiger partial charge in [0.1, 0.15) is 0 Å². The van der Waals surface area contributed by atoms with Gasteiger partial charge in [-0.2, -0.15) is 0 Å². The third-order valence-electron chi connectivity index (χ3n) is 4.36. The molecule has 0 saturated carbocycles. The number of ether oxygens (including phenoxy) is 2. The van der Waals surface area contributed by atoms with Gasteiger partial charge in [0.05, 0.1) is 13.2 Å². The fourth-order valence-electron chi connectivity index (χ4n) is 2.80. The number of morpholine rings is 1. The Bertz CT molecular complexity index is 823. The Balaban J connectivity index is 1.43. The topological polar surface area (TPSA) is 67.9 Å². The number of carbonyl (C=O) groups is 2. The summed E-state index contributed by atoms with van der Waals surface area (Å²) in [5, 5.41) is 2.72. The van der Waals surface area contributed by atoms with E-state index in [0.717, 1.165) is 43.1 Å². The number of hydrogen-bond acceptors (Lipinski definition) is 5. The van der Waals surface area contributed by atoms with Gasteiger partial charge in [0.25, 0.3) is 5.91 Å². The van der Waals surface area contributed by atoms with Gasteiger partial charge >= 0.3 is 5.97 Å². The Labute approximate surface area is 164 Å². The van der Waals surface area contributed by atoms with Crippen molar-refractivity contribution in [2.45, 2.75) is 6.92 Å². The average Bonchev–Trinajstić information content (AvgIpc) is 2.73. The van der Waals surface area contributed by atoms with Crippen LogP contribution in [-0.2, 0) is 19.1 Å². The fraction of sp³-hybridized carbons (Fsp3) is 0.273. The van der Waals surface area contributed by atoms with Crippen molar-refractivity contribution in [3.05, 3.63) is 65.7 Å². The van der Waals surface area contributed by atoms with Crippen molar-refractivity contribution in [3.8, 4) is 0 Å². The molecule has 0 atom stereocenters. The third-order valence-corrected chi connectivity index (χ3v) is 4.36. The molecule has 1 aliphatic heterocycles. The molecule has 0 radical (unpaired) electrons. The molecule has 6 heteroatoms. The van der Waals surface area contributed by atoms with Crippen LogP contribution < -0.4 is 10.2 Å². The van der Waals surface area contributed by atoms with Crippen molar-refractivity contribution >= 4 is 29.3 Å². The predicted molar refractivity (Wildman–Crippen MR) is 109 cm³/mol. The molecule has 1 amide bonds. The van der Waals surface area contributed by atoms with E-state index in [1.165, 1.54) is 6.08 Å². The number of aryl methyl sites for hydroxylation is 1. The SMILES string of the molecule is Cc1ccc(/C=C/C(=O)OCC(=O)Nc2ccc(N3CCOCC3)cc2)cc1. The molecule has 2 aromatic carbocycles. The lowest BCUT2D eigenvalue weighted by Crippen LogP contribution is -2.36. The van der Waals surface area contributed by atoms with E-state index < -0.39 is 5.97 Å². The van der Waals surface area contributed by atoms with E-state index in [1.807, 2.05) is 55.5 Å². The number of nitrogens with zero attached hydrogens (tertiary/aromatic N) is 1. The van der Waals surface area contributed by atoms with Gasteiger partial charge in [-0.25, -0.2) is 4.79 Å². The molecular formula is C22H24N2O4. The molecule has 0 spiro atoms. The zero-order valence-corrected chi connectivity index (χ0v) is 15.9. The molecule has 1 N–H and O–H groups in total. The number of rotatable bonds is 6. The largest absolute Gasteiger partial charge is 0.452 e. The summed E-state index contributed by atoms with van der Waals surface area (Å²) in [6, 6.07) is 15.3. The minimum absolute atomic E-state index is 0.331. The molecule has 0 aromatic heterocycles. The molecule has 3 rings (SSSR count). The molecule has 2 aromatic rings. The van der Waals surface area contributed by atoms with Crippen LogP contribution in [0, 0.1) is 6.92 Å². The average molecular weight is 380 g/mol. The van der Waals surface area contributed by atoms with Crippen LogP contribution in [0.2, 0.25) is 0 Å². The third kappa shape index (κ3) is 5.96. The van der Waals surface area contributed by atoms with E-state index in [2.05, 4.69) is 10.2 Å². The first-order valence-corrected chi connectivity index (χ1v) is 9.24. The molecule has 146 valence electrons. The molecule has 1 saturated heterocycles. The van der Waals surface area contributed by atoms with Crippen LogP contribution in [0.25, 0.3) is 6.08 Å². The van der Waals surface area contributed by atoms with Gasteiger partial charge in [0.2, 0.25) is 0 Å². The molecule has 1 fully saturated rings. The first-order chi connectivity index (χ1) is 13.6. The Kier molecular flexibility index (Phi) is 6.81. The summed E-state index contributed by atoms with van der Waals surface area (Å²) in [7, 11) is 0. The molecule has 0 aliphatic carbocycles.